The molecule has 0 radical (unpaired) electrons. The van der Waals surface area contributed by atoms with Gasteiger partial charge in [-0.1, -0.05) is 13.3 Å². The molecule has 0 saturated carbocycles. The van der Waals surface area contributed by atoms with Crippen molar-refractivity contribution in [1.82, 2.24) is 34.3 Å². The Kier molecular flexibility index (Phi) is 4.91. The number of aryl methyl sites for hydroxylation is 1. The van der Waals surface area contributed by atoms with E-state index in [9.17, 15) is 18.4 Å². The summed E-state index contributed by atoms with van der Waals surface area (Å²) >= 11 is 0. The van der Waals surface area contributed by atoms with E-state index in [1.54, 1.807) is 30.6 Å². The maximum absolute atomic E-state index is 13.1. The van der Waals surface area contributed by atoms with E-state index < -0.39 is 12.0 Å². The van der Waals surface area contributed by atoms with Crippen molar-refractivity contribution in [2.45, 2.75) is 32.4 Å². The van der Waals surface area contributed by atoms with Crippen LogP contribution in [0.4, 0.5) is 13.2 Å². The van der Waals surface area contributed by atoms with Crippen LogP contribution in [0.3, 0.4) is 0 Å². The van der Waals surface area contributed by atoms with Crippen LogP contribution in [-0.2, 0) is 19.0 Å². The lowest BCUT2D eigenvalue weighted by molar-refractivity contribution is -0.144. The molecule has 0 aromatic carbocycles. The van der Waals surface area contributed by atoms with Gasteiger partial charge in [-0.05, 0) is 24.6 Å². The van der Waals surface area contributed by atoms with Gasteiger partial charge in [-0.3, -0.25) is 0 Å². The van der Waals surface area contributed by atoms with Crippen molar-refractivity contribution in [3.8, 4) is 11.9 Å². The van der Waals surface area contributed by atoms with Gasteiger partial charge < -0.3 is 0 Å². The van der Waals surface area contributed by atoms with Crippen molar-refractivity contribution >= 4 is 5.65 Å². The van der Waals surface area contributed by atoms with E-state index in [-0.39, 0.29) is 12.1 Å². The summed E-state index contributed by atoms with van der Waals surface area (Å²) in [5.41, 5.74) is 2.34. The molecule has 0 aliphatic carbocycles. The lowest BCUT2D eigenvalue weighted by Gasteiger charge is -2.11. The first-order chi connectivity index (χ1) is 14.4. The molecule has 0 unspecified atom stereocenters. The third-order valence-electron chi connectivity index (χ3n) is 4.50. The molecule has 0 bridgehead atoms. The summed E-state index contributed by atoms with van der Waals surface area (Å²) in [5.74, 6) is -0.823. The fraction of sp³-hybridized carbons (Fsp3) is 0.263. The zero-order valence-electron chi connectivity index (χ0n) is 15.8. The van der Waals surface area contributed by atoms with Gasteiger partial charge in [0.25, 0.3) is 5.82 Å². The average molecular weight is 412 g/mol. The second-order valence-corrected chi connectivity index (χ2v) is 6.52. The van der Waals surface area contributed by atoms with Gasteiger partial charge in [-0.15, -0.1) is 5.10 Å². The van der Waals surface area contributed by atoms with Crippen LogP contribution in [0.5, 0.6) is 0 Å². The minimum absolute atomic E-state index is 0.135. The molecule has 4 heterocycles. The highest BCUT2D eigenvalue weighted by Gasteiger charge is 2.36. The van der Waals surface area contributed by atoms with Crippen LogP contribution in [0, 0.1) is 11.3 Å². The summed E-state index contributed by atoms with van der Waals surface area (Å²) in [6.07, 6.45) is 1.19. The van der Waals surface area contributed by atoms with Crippen molar-refractivity contribution in [2.75, 3.05) is 0 Å². The van der Waals surface area contributed by atoms with Gasteiger partial charge in [0.15, 0.2) is 11.5 Å². The summed E-state index contributed by atoms with van der Waals surface area (Å²) in [5, 5.41) is 17.1. The minimum atomic E-state index is -4.64. The molecule has 0 amide bonds. The molecular weight excluding hydrogens is 397 g/mol. The molecule has 4 rings (SSSR count). The Hall–Kier alpha value is -3.81. The van der Waals surface area contributed by atoms with Gasteiger partial charge in [-0.25, -0.2) is 24.1 Å². The normalized spacial score (nSPS) is 11.7. The number of aromatic nitrogens is 7. The summed E-state index contributed by atoms with van der Waals surface area (Å²) in [7, 11) is 0. The van der Waals surface area contributed by atoms with Gasteiger partial charge in [0.2, 0.25) is 0 Å². The highest BCUT2D eigenvalue weighted by atomic mass is 19.4. The zero-order valence-corrected chi connectivity index (χ0v) is 15.8. The van der Waals surface area contributed by atoms with Gasteiger partial charge >= 0.3 is 6.18 Å². The Morgan fingerprint density at radius 3 is 2.73 bits per heavy atom. The summed E-state index contributed by atoms with van der Waals surface area (Å²) in [6.45, 7) is 1.92. The maximum Gasteiger partial charge on any atom is 0.453 e. The first-order valence-electron chi connectivity index (χ1n) is 9.11. The second kappa shape index (κ2) is 7.55. The first-order valence-corrected chi connectivity index (χ1v) is 9.11. The number of nitrogens with zero attached hydrogens (tertiary/aromatic N) is 8. The first kappa shape index (κ1) is 19.5. The molecule has 4 aromatic heterocycles. The topological polar surface area (TPSA) is 97.6 Å². The van der Waals surface area contributed by atoms with E-state index in [1.165, 1.54) is 11.0 Å². The lowest BCUT2D eigenvalue weighted by Crippen LogP contribution is -2.10. The van der Waals surface area contributed by atoms with Gasteiger partial charge in [-0.2, -0.15) is 23.5 Å². The average Bonchev–Trinajstić information content (AvgIpc) is 3.36. The van der Waals surface area contributed by atoms with Crippen LogP contribution in [0.1, 0.15) is 41.7 Å². The van der Waals surface area contributed by atoms with E-state index in [1.807, 2.05) is 6.92 Å². The third kappa shape index (κ3) is 3.47. The zero-order chi connectivity index (χ0) is 21.3. The Morgan fingerprint density at radius 1 is 1.17 bits per heavy atom. The van der Waals surface area contributed by atoms with E-state index >= 15 is 0 Å². The quantitative estimate of drug-likeness (QED) is 0.500. The van der Waals surface area contributed by atoms with Crippen LogP contribution in [-0.4, -0.2) is 34.3 Å². The molecule has 0 N–H and O–H groups in total. The fourth-order valence-electron chi connectivity index (χ4n) is 3.20. The smallest absolute Gasteiger partial charge is 0.240 e. The second-order valence-electron chi connectivity index (χ2n) is 6.52. The van der Waals surface area contributed by atoms with Crippen molar-refractivity contribution in [3.63, 3.8) is 0 Å². The van der Waals surface area contributed by atoms with Crippen LogP contribution in [0.25, 0.3) is 11.5 Å². The third-order valence-corrected chi connectivity index (χ3v) is 4.50. The fourth-order valence-corrected chi connectivity index (χ4v) is 3.20. The summed E-state index contributed by atoms with van der Waals surface area (Å²) in [6, 6.07) is 7.12. The Labute approximate surface area is 168 Å². The standard InChI is InChI=1S/C19H15F3N8/c1-2-4-14-15(25-11-29-17(14)27-18(28-29)19(20,21)22)9-13-6-8-26-30(13)16-12(10-23)5-3-7-24-16/h3,5-8,11H,2,4,9H2,1H3. The molecule has 0 aliphatic rings. The number of hydrogen-bond acceptors (Lipinski definition) is 6. The Morgan fingerprint density at radius 2 is 2.00 bits per heavy atom. The highest BCUT2D eigenvalue weighted by Crippen LogP contribution is 2.28. The van der Waals surface area contributed by atoms with Crippen LogP contribution >= 0.6 is 0 Å². The number of rotatable bonds is 5. The van der Waals surface area contributed by atoms with Gasteiger partial charge in [0.1, 0.15) is 12.4 Å². The number of pyridine rings is 1. The lowest BCUT2D eigenvalue weighted by atomic mass is 10.1. The number of halogens is 3. The van der Waals surface area contributed by atoms with Crippen molar-refractivity contribution in [3.05, 3.63) is 65.3 Å². The Balaban J connectivity index is 1.80. The number of fused-ring (bicyclic) bond motifs is 1. The molecule has 30 heavy (non-hydrogen) atoms. The number of hydrogen-bond donors (Lipinski definition) is 0. The SMILES string of the molecule is CCCc1c(Cc2ccnn2-c2ncccc2C#N)ncn2nc(C(F)(F)F)nc12. The van der Waals surface area contributed by atoms with E-state index in [2.05, 4.69) is 31.2 Å². The van der Waals surface area contributed by atoms with Crippen molar-refractivity contribution in [2.24, 2.45) is 0 Å². The molecule has 8 nitrogen and oxygen atoms in total. The molecule has 0 spiro atoms. The molecule has 0 aliphatic heterocycles. The predicted molar refractivity (Wildman–Crippen MR) is 98.7 cm³/mol. The van der Waals surface area contributed by atoms with E-state index in [4.69, 9.17) is 0 Å². The summed E-state index contributed by atoms with van der Waals surface area (Å²) in [4.78, 5) is 12.3. The molecule has 0 atom stereocenters. The van der Waals surface area contributed by atoms with Gasteiger partial charge in [0.05, 0.1) is 17.0 Å². The minimum Gasteiger partial charge on any atom is -0.240 e. The van der Waals surface area contributed by atoms with Gasteiger partial charge in [0, 0.05) is 24.4 Å². The van der Waals surface area contributed by atoms with Crippen molar-refractivity contribution < 1.29 is 13.2 Å². The van der Waals surface area contributed by atoms with Crippen LogP contribution < -0.4 is 0 Å². The monoisotopic (exact) mass is 412 g/mol. The molecule has 0 fully saturated rings. The van der Waals surface area contributed by atoms with Crippen LogP contribution in [0.15, 0.2) is 36.9 Å². The summed E-state index contributed by atoms with van der Waals surface area (Å²) < 4.78 is 41.8. The number of nitriles is 1. The van der Waals surface area contributed by atoms with Crippen LogP contribution in [0.2, 0.25) is 0 Å². The largest absolute Gasteiger partial charge is 0.453 e. The molecule has 11 heteroatoms. The number of alkyl halides is 3. The maximum atomic E-state index is 13.1. The van der Waals surface area contributed by atoms with Crippen molar-refractivity contribution in [1.29, 1.82) is 5.26 Å². The highest BCUT2D eigenvalue weighted by molar-refractivity contribution is 5.50. The predicted octanol–water partition coefficient (Wildman–Crippen LogP) is 3.14. The Bertz CT molecular complexity index is 1250. The molecular formula is C19H15F3N8. The van der Waals surface area contributed by atoms with E-state index in [0.717, 1.165) is 4.52 Å². The molecule has 152 valence electrons. The molecule has 0 saturated heterocycles. The van der Waals surface area contributed by atoms with E-state index in [0.29, 0.717) is 41.2 Å². The molecule has 4 aromatic rings.